The first-order chi connectivity index (χ1) is 9.61. The summed E-state index contributed by atoms with van der Waals surface area (Å²) in [5.41, 5.74) is 3.12. The van der Waals surface area contributed by atoms with Crippen molar-refractivity contribution in [3.63, 3.8) is 0 Å². The Kier molecular flexibility index (Phi) is 3.06. The molecule has 2 heterocycles. The highest BCUT2D eigenvalue weighted by atomic mass is 32.1. The summed E-state index contributed by atoms with van der Waals surface area (Å²) in [5, 5.41) is 5.28. The monoisotopic (exact) mass is 286 g/mol. The Balaban J connectivity index is 2.19. The number of hydrogen-bond acceptors (Lipinski definition) is 4. The summed E-state index contributed by atoms with van der Waals surface area (Å²) in [4.78, 5) is 12.4. The predicted octanol–water partition coefficient (Wildman–Crippen LogP) is 3.40. The van der Waals surface area contributed by atoms with Gasteiger partial charge in [-0.25, -0.2) is 4.79 Å². The van der Waals surface area contributed by atoms with Crippen LogP contribution in [0.5, 0.6) is 0 Å². The van der Waals surface area contributed by atoms with E-state index in [-0.39, 0.29) is 5.97 Å². The number of aryl methyl sites for hydroxylation is 2. The van der Waals surface area contributed by atoms with Crippen LogP contribution in [0.2, 0.25) is 0 Å². The molecule has 4 nitrogen and oxygen atoms in total. The molecule has 3 aromatic rings. The first-order valence-electron chi connectivity index (χ1n) is 6.21. The zero-order valence-electron chi connectivity index (χ0n) is 11.5. The van der Waals surface area contributed by atoms with Gasteiger partial charge in [-0.15, -0.1) is 11.3 Å². The van der Waals surface area contributed by atoms with Gasteiger partial charge in [-0.2, -0.15) is 5.10 Å². The largest absolute Gasteiger partial charge is 0.465 e. The first-order valence-corrected chi connectivity index (χ1v) is 7.03. The number of rotatable bonds is 2. The van der Waals surface area contributed by atoms with Crippen LogP contribution >= 0.6 is 11.3 Å². The summed E-state index contributed by atoms with van der Waals surface area (Å²) in [5.74, 6) is -0.272. The molecule has 0 unspecified atom stereocenters. The number of carbonyl (C=O) groups excluding carboxylic acids is 1. The second-order valence-electron chi connectivity index (χ2n) is 4.60. The van der Waals surface area contributed by atoms with Crippen LogP contribution in [0.25, 0.3) is 21.3 Å². The van der Waals surface area contributed by atoms with Crippen LogP contribution in [0.3, 0.4) is 0 Å². The van der Waals surface area contributed by atoms with E-state index in [1.165, 1.54) is 18.4 Å². The third-order valence-electron chi connectivity index (χ3n) is 3.42. The van der Waals surface area contributed by atoms with Crippen molar-refractivity contribution in [2.24, 2.45) is 7.05 Å². The van der Waals surface area contributed by atoms with E-state index in [4.69, 9.17) is 4.74 Å². The Morgan fingerprint density at radius 3 is 2.80 bits per heavy atom. The summed E-state index contributed by atoms with van der Waals surface area (Å²) >= 11 is 1.47. The quantitative estimate of drug-likeness (QED) is 0.678. The smallest absolute Gasteiger partial charge is 0.348 e. The number of carbonyl (C=O) groups is 1. The van der Waals surface area contributed by atoms with Crippen molar-refractivity contribution < 1.29 is 9.53 Å². The maximum absolute atomic E-state index is 11.7. The van der Waals surface area contributed by atoms with Crippen LogP contribution in [0, 0.1) is 6.92 Å². The normalized spacial score (nSPS) is 10.9. The standard InChI is InChI=1S/C15H14N2O2S/c1-9-11-8-10(12-6-7-16-17(12)2)4-5-13(11)20-14(9)15(18)19-3/h4-8H,1-3H3. The molecular formula is C15H14N2O2S. The average molecular weight is 286 g/mol. The van der Waals surface area contributed by atoms with Crippen LogP contribution in [-0.2, 0) is 11.8 Å². The van der Waals surface area contributed by atoms with Crippen LogP contribution in [-0.4, -0.2) is 22.9 Å². The highest BCUT2D eigenvalue weighted by molar-refractivity contribution is 7.21. The zero-order valence-corrected chi connectivity index (χ0v) is 12.3. The first kappa shape index (κ1) is 12.9. The lowest BCUT2D eigenvalue weighted by Crippen LogP contribution is -1.99. The summed E-state index contributed by atoms with van der Waals surface area (Å²) < 4.78 is 7.75. The van der Waals surface area contributed by atoms with Crippen molar-refractivity contribution >= 4 is 27.4 Å². The minimum Gasteiger partial charge on any atom is -0.465 e. The Hall–Kier alpha value is -2.14. The molecule has 2 aromatic heterocycles. The van der Waals surface area contributed by atoms with E-state index in [1.54, 1.807) is 6.20 Å². The van der Waals surface area contributed by atoms with Crippen molar-refractivity contribution in [3.8, 4) is 11.3 Å². The van der Waals surface area contributed by atoms with Gasteiger partial charge < -0.3 is 4.74 Å². The zero-order chi connectivity index (χ0) is 14.3. The second kappa shape index (κ2) is 4.76. The van der Waals surface area contributed by atoms with E-state index in [0.29, 0.717) is 4.88 Å². The molecule has 5 heteroatoms. The van der Waals surface area contributed by atoms with E-state index < -0.39 is 0 Å². The number of esters is 1. The van der Waals surface area contributed by atoms with Crippen molar-refractivity contribution in [2.75, 3.05) is 7.11 Å². The topological polar surface area (TPSA) is 44.1 Å². The number of hydrogen-bond donors (Lipinski definition) is 0. The number of fused-ring (bicyclic) bond motifs is 1. The van der Waals surface area contributed by atoms with Crippen molar-refractivity contribution in [1.29, 1.82) is 0 Å². The molecule has 0 N–H and O–H groups in total. The van der Waals surface area contributed by atoms with Gasteiger partial charge in [0.15, 0.2) is 0 Å². The fraction of sp³-hybridized carbons (Fsp3) is 0.200. The average Bonchev–Trinajstić information content (AvgIpc) is 3.02. The molecule has 0 amide bonds. The lowest BCUT2D eigenvalue weighted by atomic mass is 10.1. The number of aromatic nitrogens is 2. The molecule has 0 saturated heterocycles. The Labute approximate surface area is 120 Å². The minimum absolute atomic E-state index is 0.272. The molecular weight excluding hydrogens is 272 g/mol. The van der Waals surface area contributed by atoms with E-state index in [2.05, 4.69) is 17.2 Å². The Morgan fingerprint density at radius 1 is 1.35 bits per heavy atom. The number of benzene rings is 1. The number of thiophene rings is 1. The molecule has 0 fully saturated rings. The van der Waals surface area contributed by atoms with E-state index >= 15 is 0 Å². The third kappa shape index (κ3) is 1.91. The van der Waals surface area contributed by atoms with Gasteiger partial charge in [0.25, 0.3) is 0 Å². The van der Waals surface area contributed by atoms with E-state index in [9.17, 15) is 4.79 Å². The van der Waals surface area contributed by atoms with Crippen LogP contribution < -0.4 is 0 Å². The van der Waals surface area contributed by atoms with Gasteiger partial charge in [0.05, 0.1) is 12.8 Å². The van der Waals surface area contributed by atoms with Gasteiger partial charge in [-0.05, 0) is 36.1 Å². The highest BCUT2D eigenvalue weighted by Crippen LogP contribution is 2.34. The fourth-order valence-corrected chi connectivity index (χ4v) is 3.43. The number of ether oxygens (including phenoxy) is 1. The maximum atomic E-state index is 11.7. The Morgan fingerprint density at radius 2 is 2.15 bits per heavy atom. The van der Waals surface area contributed by atoms with Gasteiger partial charge in [0.2, 0.25) is 0 Å². The molecule has 0 aliphatic carbocycles. The summed E-state index contributed by atoms with van der Waals surface area (Å²) in [6.07, 6.45) is 1.78. The maximum Gasteiger partial charge on any atom is 0.348 e. The second-order valence-corrected chi connectivity index (χ2v) is 5.65. The van der Waals surface area contributed by atoms with Gasteiger partial charge in [-0.1, -0.05) is 6.07 Å². The Bertz CT molecular complexity index is 801. The van der Waals surface area contributed by atoms with Gasteiger partial charge in [0, 0.05) is 23.5 Å². The highest BCUT2D eigenvalue weighted by Gasteiger charge is 2.16. The fourth-order valence-electron chi connectivity index (χ4n) is 2.32. The number of methoxy groups -OCH3 is 1. The third-order valence-corrected chi connectivity index (χ3v) is 4.68. The summed E-state index contributed by atoms with van der Waals surface area (Å²) in [7, 11) is 3.33. The van der Waals surface area contributed by atoms with Gasteiger partial charge in [0.1, 0.15) is 4.88 Å². The molecule has 1 aromatic carbocycles. The summed E-state index contributed by atoms with van der Waals surface area (Å²) in [6.45, 7) is 1.96. The molecule has 0 bridgehead atoms. The van der Waals surface area contributed by atoms with Crippen LogP contribution in [0.4, 0.5) is 0 Å². The minimum atomic E-state index is -0.272. The van der Waals surface area contributed by atoms with Crippen molar-refractivity contribution in [1.82, 2.24) is 9.78 Å². The summed E-state index contributed by atoms with van der Waals surface area (Å²) in [6, 6.07) is 8.17. The van der Waals surface area contributed by atoms with E-state index in [1.807, 2.05) is 30.8 Å². The molecule has 0 spiro atoms. The lowest BCUT2D eigenvalue weighted by Gasteiger charge is -2.02. The lowest BCUT2D eigenvalue weighted by molar-refractivity contribution is 0.0605. The molecule has 0 aliphatic heterocycles. The van der Waals surface area contributed by atoms with Gasteiger partial charge >= 0.3 is 5.97 Å². The molecule has 0 aliphatic rings. The van der Waals surface area contributed by atoms with E-state index in [0.717, 1.165) is 26.9 Å². The predicted molar refractivity (Wildman–Crippen MR) is 80.1 cm³/mol. The van der Waals surface area contributed by atoms with Crippen LogP contribution in [0.1, 0.15) is 15.2 Å². The molecule has 0 radical (unpaired) electrons. The van der Waals surface area contributed by atoms with Gasteiger partial charge in [-0.3, -0.25) is 4.68 Å². The molecule has 0 saturated carbocycles. The van der Waals surface area contributed by atoms with Crippen LogP contribution in [0.15, 0.2) is 30.5 Å². The molecule has 3 rings (SSSR count). The SMILES string of the molecule is COC(=O)c1sc2ccc(-c3ccnn3C)cc2c1C. The molecule has 20 heavy (non-hydrogen) atoms. The van der Waals surface area contributed by atoms with Crippen molar-refractivity contribution in [2.45, 2.75) is 6.92 Å². The van der Waals surface area contributed by atoms with Crippen molar-refractivity contribution in [3.05, 3.63) is 40.9 Å². The molecule has 102 valence electrons. The number of nitrogens with zero attached hydrogens (tertiary/aromatic N) is 2. The molecule has 0 atom stereocenters.